The van der Waals surface area contributed by atoms with E-state index in [0.29, 0.717) is 0 Å². The van der Waals surface area contributed by atoms with Gasteiger partial charge in [0.15, 0.2) is 0 Å². The number of benzene rings is 2. The Labute approximate surface area is 203 Å². The van der Waals surface area contributed by atoms with Gasteiger partial charge in [0.25, 0.3) is 31.6 Å². The quantitative estimate of drug-likeness (QED) is 0.152. The van der Waals surface area contributed by atoms with Crippen LogP contribution in [0.1, 0.15) is 31.8 Å². The van der Waals surface area contributed by atoms with Gasteiger partial charge in [-0.05, 0) is 0 Å². The van der Waals surface area contributed by atoms with E-state index >= 15 is 0 Å². The van der Waals surface area contributed by atoms with E-state index in [9.17, 15) is 66.0 Å². The molecule has 33 heavy (non-hydrogen) atoms. The van der Waals surface area contributed by atoms with Crippen LogP contribution in [-0.4, -0.2) is 87.1 Å². The number of carbonyl (C=O) groups excluding carboxylic acids is 2. The minimum absolute atomic E-state index is 0. The largest absolute Gasteiger partial charge is 0.506 e. The molecule has 0 bridgehead atoms. The molecule has 0 fully saturated rings. The Balaban J connectivity index is 0.00000385. The molecule has 0 saturated heterocycles. The average Bonchev–Trinajstić information content (AvgIpc) is 2.62. The van der Waals surface area contributed by atoms with Crippen molar-refractivity contribution in [2.45, 2.75) is 9.79 Å². The number of nitro groups is 2. The predicted octanol–water partition coefficient (Wildman–Crippen LogP) is -0.198. The van der Waals surface area contributed by atoms with Gasteiger partial charge in [-0.1, -0.05) is 0 Å². The normalized spacial score (nSPS) is 13.0. The zero-order chi connectivity index (χ0) is 24.5. The van der Waals surface area contributed by atoms with Crippen LogP contribution < -0.4 is 0 Å². The van der Waals surface area contributed by atoms with Gasteiger partial charge in [-0.2, -0.15) is 16.8 Å². The maximum absolute atomic E-state index is 12.9. The van der Waals surface area contributed by atoms with Crippen molar-refractivity contribution in [1.82, 2.24) is 0 Å². The van der Waals surface area contributed by atoms with Gasteiger partial charge in [-0.15, -0.1) is 0 Å². The van der Waals surface area contributed by atoms with E-state index in [1.165, 1.54) is 0 Å². The van der Waals surface area contributed by atoms with Gasteiger partial charge in [0.1, 0.15) is 32.4 Å². The number of carbonyl (C=O) groups is 2. The minimum Gasteiger partial charge on any atom is -0.506 e. The second kappa shape index (κ2) is 8.09. The van der Waals surface area contributed by atoms with E-state index in [1.807, 2.05) is 0 Å². The molecule has 16 nitrogen and oxygen atoms in total. The average molecular weight is 513 g/mol. The van der Waals surface area contributed by atoms with E-state index in [4.69, 9.17) is 0 Å². The Hall–Kier alpha value is -3.00. The molecular weight excluding hydrogens is 507 g/mol. The third-order valence-electron chi connectivity index (χ3n) is 4.35. The molecule has 4 N–H and O–H groups in total. The first-order valence-corrected chi connectivity index (χ1v) is 10.5. The van der Waals surface area contributed by atoms with Crippen molar-refractivity contribution in [2.24, 2.45) is 0 Å². The van der Waals surface area contributed by atoms with Crippen molar-refractivity contribution in [3.05, 3.63) is 54.6 Å². The monoisotopic (exact) mass is 513 g/mol. The number of fused-ring (bicyclic) bond motifs is 2. The van der Waals surface area contributed by atoms with Crippen LogP contribution in [0, 0.1) is 20.2 Å². The fourth-order valence-electron chi connectivity index (χ4n) is 3.10. The SMILES string of the molecule is O=C1c2c([N+](=O)[O-])cc(S(=O)(=O)O)c(O)c2C(=O)c2c([N+](=O)[O-])cc(S(=O)(=O)O)c(O)c21.[Na]. The third kappa shape index (κ3) is 3.97. The summed E-state index contributed by atoms with van der Waals surface area (Å²) >= 11 is 0. The summed E-state index contributed by atoms with van der Waals surface area (Å²) in [5.74, 6) is -6.90. The number of nitrogens with zero attached hydrogens (tertiary/aromatic N) is 2. The maximum atomic E-state index is 12.9. The summed E-state index contributed by atoms with van der Waals surface area (Å²) in [7, 11) is -10.8. The van der Waals surface area contributed by atoms with E-state index in [0.717, 1.165) is 0 Å². The number of hydrogen-bond acceptors (Lipinski definition) is 12. The summed E-state index contributed by atoms with van der Waals surface area (Å²) in [6, 6.07) is 0.0234. The Bertz CT molecular complexity index is 1410. The molecule has 0 heterocycles. The molecule has 0 aliphatic heterocycles. The molecule has 169 valence electrons. The van der Waals surface area contributed by atoms with Gasteiger partial charge in [0.05, 0.1) is 21.0 Å². The molecule has 2 aromatic rings. The van der Waals surface area contributed by atoms with Gasteiger partial charge in [-0.3, -0.25) is 38.9 Å². The molecule has 1 aliphatic carbocycles. The number of ketones is 2. The van der Waals surface area contributed by atoms with E-state index in [-0.39, 0.29) is 41.7 Å². The van der Waals surface area contributed by atoms with Crippen LogP contribution >= 0.6 is 0 Å². The fourth-order valence-corrected chi connectivity index (χ4v) is 4.32. The van der Waals surface area contributed by atoms with Crippen LogP contribution in [0.5, 0.6) is 11.5 Å². The summed E-state index contributed by atoms with van der Waals surface area (Å²) in [4.78, 5) is 42.7. The first kappa shape index (κ1) is 26.3. The van der Waals surface area contributed by atoms with Gasteiger partial charge in [0.2, 0.25) is 11.6 Å². The summed E-state index contributed by atoms with van der Waals surface area (Å²) < 4.78 is 64.2. The molecule has 0 aromatic heterocycles. The van der Waals surface area contributed by atoms with E-state index in [2.05, 4.69) is 0 Å². The third-order valence-corrected chi connectivity index (χ3v) is 6.08. The number of rotatable bonds is 4. The van der Waals surface area contributed by atoms with Gasteiger partial charge >= 0.3 is 0 Å². The summed E-state index contributed by atoms with van der Waals surface area (Å²) in [5, 5.41) is 43.1. The van der Waals surface area contributed by atoms with E-state index in [1.54, 1.807) is 0 Å². The first-order valence-electron chi connectivity index (χ1n) is 7.63. The Morgan fingerprint density at radius 1 is 0.667 bits per heavy atom. The van der Waals surface area contributed by atoms with Crippen molar-refractivity contribution in [3.63, 3.8) is 0 Å². The van der Waals surface area contributed by atoms with Crippen LogP contribution in [0.25, 0.3) is 0 Å². The zero-order valence-corrected chi connectivity index (χ0v) is 19.4. The molecular formula is C14H6N2NaO14S2. The van der Waals surface area contributed by atoms with Gasteiger partial charge in [0, 0.05) is 41.7 Å². The molecule has 3 rings (SSSR count). The molecule has 1 aliphatic rings. The van der Waals surface area contributed by atoms with Gasteiger partial charge < -0.3 is 10.2 Å². The number of hydrogen-bond donors (Lipinski definition) is 4. The molecule has 0 atom stereocenters. The molecule has 0 unspecified atom stereocenters. The van der Waals surface area contributed by atoms with Crippen molar-refractivity contribution in [1.29, 1.82) is 0 Å². The van der Waals surface area contributed by atoms with Gasteiger partial charge in [-0.25, -0.2) is 0 Å². The summed E-state index contributed by atoms with van der Waals surface area (Å²) in [6.07, 6.45) is 0. The smallest absolute Gasteiger partial charge is 0.298 e. The maximum Gasteiger partial charge on any atom is 0.298 e. The summed E-state index contributed by atoms with van der Waals surface area (Å²) in [6.45, 7) is 0. The predicted molar refractivity (Wildman–Crippen MR) is 102 cm³/mol. The molecule has 19 heteroatoms. The molecule has 0 spiro atoms. The van der Waals surface area contributed by atoms with Crippen LogP contribution in [0.3, 0.4) is 0 Å². The van der Waals surface area contributed by atoms with Crippen LogP contribution in [0.15, 0.2) is 21.9 Å². The van der Waals surface area contributed by atoms with Crippen LogP contribution in [-0.2, 0) is 20.2 Å². The Kier molecular flexibility index (Phi) is 6.44. The summed E-state index contributed by atoms with van der Waals surface area (Å²) in [5.41, 5.74) is -8.51. The molecule has 1 radical (unpaired) electrons. The molecule has 2 aromatic carbocycles. The van der Waals surface area contributed by atoms with Crippen LogP contribution in [0.4, 0.5) is 11.4 Å². The first-order chi connectivity index (χ1) is 14.5. The number of phenolic OH excluding ortho intramolecular Hbond substituents is 2. The minimum atomic E-state index is -5.42. The molecule has 0 amide bonds. The second-order valence-electron chi connectivity index (χ2n) is 6.11. The zero-order valence-electron chi connectivity index (χ0n) is 15.7. The topological polar surface area (TPSA) is 270 Å². The fraction of sp³-hybridized carbons (Fsp3) is 0. The standard InChI is InChI=1S/C14H6N2O14S2.Na/c17-11-5(31(25,26)27)1-3(15(21)22)7-9(11)14(20)8-4(16(23)24)2-6(32(28,29)30)12(18)10(8)13(7)19;/h1-2,17-18H,(H,25,26,27)(H,28,29,30);. The number of phenols is 2. The van der Waals surface area contributed by atoms with Crippen molar-refractivity contribution in [3.8, 4) is 11.5 Å². The van der Waals surface area contributed by atoms with E-state index < -0.39 is 96.6 Å². The van der Waals surface area contributed by atoms with Crippen molar-refractivity contribution >= 4 is 72.7 Å². The Morgan fingerprint density at radius 2 is 0.939 bits per heavy atom. The number of aromatic hydroxyl groups is 2. The Morgan fingerprint density at radius 3 is 1.15 bits per heavy atom. The molecule has 0 saturated carbocycles. The van der Waals surface area contributed by atoms with Crippen molar-refractivity contribution < 1.29 is 55.6 Å². The number of nitro benzene ring substituents is 2. The van der Waals surface area contributed by atoms with Crippen LogP contribution in [0.2, 0.25) is 0 Å². The van der Waals surface area contributed by atoms with Crippen molar-refractivity contribution in [2.75, 3.05) is 0 Å². The second-order valence-corrected chi connectivity index (χ2v) is 8.89.